The number of pyridine rings is 1. The molecule has 0 saturated carbocycles. The molecule has 1 aromatic heterocycles. The minimum atomic E-state index is -3.47. The first kappa shape index (κ1) is 20.4. The number of rotatable bonds is 9. The molecular weight excluding hydrogens is 348 g/mol. The van der Waals surface area contributed by atoms with Crippen molar-refractivity contribution in [2.45, 2.75) is 24.8 Å². The van der Waals surface area contributed by atoms with E-state index in [4.69, 9.17) is 0 Å². The first-order chi connectivity index (χ1) is 12.4. The maximum atomic E-state index is 12.5. The van der Waals surface area contributed by atoms with Crippen molar-refractivity contribution in [1.29, 1.82) is 0 Å². The van der Waals surface area contributed by atoms with Gasteiger partial charge >= 0.3 is 0 Å². The number of hydrogen-bond donors (Lipinski definition) is 1. The summed E-state index contributed by atoms with van der Waals surface area (Å²) >= 11 is 0. The maximum Gasteiger partial charge on any atom is 0.244 e. The van der Waals surface area contributed by atoms with Crippen LogP contribution in [0.5, 0.6) is 0 Å². The molecule has 1 atom stereocenters. The number of sulfonamides is 1. The highest BCUT2D eigenvalue weighted by molar-refractivity contribution is 7.89. The number of likely N-dealkylation sites (N-methyl/N-ethyl adjacent to an activating group) is 1. The first-order valence-electron chi connectivity index (χ1n) is 8.81. The summed E-state index contributed by atoms with van der Waals surface area (Å²) in [6.45, 7) is 5.22. The predicted octanol–water partition coefficient (Wildman–Crippen LogP) is 2.83. The lowest BCUT2D eigenvalue weighted by atomic mass is 10.1. The van der Waals surface area contributed by atoms with Crippen molar-refractivity contribution in [3.05, 3.63) is 54.2 Å². The van der Waals surface area contributed by atoms with Crippen molar-refractivity contribution in [3.8, 4) is 0 Å². The molecule has 1 heterocycles. The molecule has 0 spiro atoms. The van der Waals surface area contributed by atoms with Gasteiger partial charge in [0.1, 0.15) is 10.7 Å². The monoisotopic (exact) mass is 376 g/mol. The fourth-order valence-corrected chi connectivity index (χ4v) is 4.23. The van der Waals surface area contributed by atoms with Crippen molar-refractivity contribution in [2.24, 2.45) is 0 Å². The van der Waals surface area contributed by atoms with E-state index in [2.05, 4.69) is 27.3 Å². The highest BCUT2D eigenvalue weighted by Gasteiger charge is 2.22. The van der Waals surface area contributed by atoms with Gasteiger partial charge in [-0.15, -0.1) is 0 Å². The van der Waals surface area contributed by atoms with Gasteiger partial charge in [0.15, 0.2) is 0 Å². The zero-order valence-corrected chi connectivity index (χ0v) is 16.7. The van der Waals surface area contributed by atoms with Gasteiger partial charge in [-0.1, -0.05) is 44.2 Å². The van der Waals surface area contributed by atoms with E-state index < -0.39 is 10.0 Å². The second-order valence-electron chi connectivity index (χ2n) is 6.24. The van der Waals surface area contributed by atoms with Crippen molar-refractivity contribution in [1.82, 2.24) is 14.2 Å². The van der Waals surface area contributed by atoms with Gasteiger partial charge in [0.05, 0.1) is 6.04 Å². The molecule has 142 valence electrons. The predicted molar refractivity (Wildman–Crippen MR) is 106 cm³/mol. The third kappa shape index (κ3) is 4.81. The minimum Gasteiger partial charge on any atom is -0.368 e. The normalized spacial score (nSPS) is 13.2. The molecule has 7 heteroatoms. The quantitative estimate of drug-likeness (QED) is 0.729. The topological polar surface area (TPSA) is 65.5 Å². The minimum absolute atomic E-state index is 0.192. The molecule has 0 bridgehead atoms. The van der Waals surface area contributed by atoms with Gasteiger partial charge in [0.2, 0.25) is 10.0 Å². The number of benzene rings is 1. The molecule has 0 fully saturated rings. The standard InChI is InChI=1S/C19H28N4O2S/c1-5-23(6-2)26(24,25)17-12-13-19(20-14-17)21-15-18(22(3)4)16-10-8-7-9-11-16/h7-14,18H,5-6,15H2,1-4H3,(H,20,21)/t18-/m0/s1. The molecule has 1 aromatic carbocycles. The molecule has 0 unspecified atom stereocenters. The number of nitrogens with one attached hydrogen (secondary N) is 1. The summed E-state index contributed by atoms with van der Waals surface area (Å²) in [4.78, 5) is 6.65. The second kappa shape index (κ2) is 9.12. The molecule has 0 radical (unpaired) electrons. The van der Waals surface area contributed by atoms with Crippen LogP contribution < -0.4 is 5.32 Å². The average Bonchev–Trinajstić information content (AvgIpc) is 2.63. The smallest absolute Gasteiger partial charge is 0.244 e. The van der Waals surface area contributed by atoms with Crippen molar-refractivity contribution < 1.29 is 8.42 Å². The first-order valence-corrected chi connectivity index (χ1v) is 10.3. The maximum absolute atomic E-state index is 12.5. The highest BCUT2D eigenvalue weighted by Crippen LogP contribution is 2.20. The van der Waals surface area contributed by atoms with E-state index in [1.807, 2.05) is 46.1 Å². The molecule has 1 N–H and O–H groups in total. The Kier molecular flexibility index (Phi) is 7.14. The van der Waals surface area contributed by atoms with Crippen LogP contribution in [0.3, 0.4) is 0 Å². The highest BCUT2D eigenvalue weighted by atomic mass is 32.2. The van der Waals surface area contributed by atoms with Crippen LogP contribution in [0.25, 0.3) is 0 Å². The summed E-state index contributed by atoms with van der Waals surface area (Å²) in [5, 5.41) is 3.30. The Morgan fingerprint density at radius 2 is 1.69 bits per heavy atom. The van der Waals surface area contributed by atoms with Crippen LogP contribution >= 0.6 is 0 Å². The molecular formula is C19H28N4O2S. The van der Waals surface area contributed by atoms with Gasteiger partial charge in [-0.25, -0.2) is 13.4 Å². The van der Waals surface area contributed by atoms with Crippen LogP contribution in [0.1, 0.15) is 25.5 Å². The van der Waals surface area contributed by atoms with Crippen LogP contribution in [-0.4, -0.2) is 56.3 Å². The van der Waals surface area contributed by atoms with Gasteiger partial charge in [-0.3, -0.25) is 0 Å². The van der Waals surface area contributed by atoms with Crippen LogP contribution in [0, 0.1) is 0 Å². The third-order valence-electron chi connectivity index (χ3n) is 4.36. The van der Waals surface area contributed by atoms with Crippen molar-refractivity contribution in [2.75, 3.05) is 39.0 Å². The number of anilines is 1. The zero-order chi connectivity index (χ0) is 19.2. The van der Waals surface area contributed by atoms with Crippen LogP contribution in [0.4, 0.5) is 5.82 Å². The number of nitrogens with zero attached hydrogens (tertiary/aromatic N) is 3. The lowest BCUT2D eigenvalue weighted by Crippen LogP contribution is -2.30. The van der Waals surface area contributed by atoms with Gasteiger partial charge < -0.3 is 10.2 Å². The summed E-state index contributed by atoms with van der Waals surface area (Å²) in [6.07, 6.45) is 1.42. The van der Waals surface area contributed by atoms with Gasteiger partial charge in [0.25, 0.3) is 0 Å². The third-order valence-corrected chi connectivity index (χ3v) is 6.40. The van der Waals surface area contributed by atoms with Gasteiger partial charge in [-0.2, -0.15) is 4.31 Å². The molecule has 6 nitrogen and oxygen atoms in total. The van der Waals surface area contributed by atoms with E-state index in [0.29, 0.717) is 25.5 Å². The fourth-order valence-electron chi connectivity index (χ4n) is 2.83. The Morgan fingerprint density at radius 1 is 1.04 bits per heavy atom. The Labute approximate surface area is 156 Å². The molecule has 0 aliphatic heterocycles. The molecule has 2 aromatic rings. The van der Waals surface area contributed by atoms with Crippen LogP contribution in [0.15, 0.2) is 53.6 Å². The molecule has 26 heavy (non-hydrogen) atoms. The molecule has 0 saturated heterocycles. The van der Waals surface area contributed by atoms with Gasteiger partial charge in [0, 0.05) is 25.8 Å². The van der Waals surface area contributed by atoms with E-state index in [9.17, 15) is 8.42 Å². The van der Waals surface area contributed by atoms with Crippen molar-refractivity contribution >= 4 is 15.8 Å². The number of hydrogen-bond acceptors (Lipinski definition) is 5. The lowest BCUT2D eigenvalue weighted by molar-refractivity contribution is 0.311. The Hall–Kier alpha value is -1.96. The average molecular weight is 377 g/mol. The van der Waals surface area contributed by atoms with E-state index >= 15 is 0 Å². The summed E-state index contributed by atoms with van der Waals surface area (Å²) < 4.78 is 26.4. The summed E-state index contributed by atoms with van der Waals surface area (Å²) in [5.74, 6) is 0.659. The number of aromatic nitrogens is 1. The molecule has 0 amide bonds. The van der Waals surface area contributed by atoms with Crippen molar-refractivity contribution in [3.63, 3.8) is 0 Å². The van der Waals surface area contributed by atoms with E-state index in [0.717, 1.165) is 0 Å². The van der Waals surface area contributed by atoms with Crippen LogP contribution in [0.2, 0.25) is 0 Å². The molecule has 0 aliphatic carbocycles. The largest absolute Gasteiger partial charge is 0.368 e. The second-order valence-corrected chi connectivity index (χ2v) is 8.18. The zero-order valence-electron chi connectivity index (χ0n) is 15.9. The van der Waals surface area contributed by atoms with E-state index in [1.165, 1.54) is 16.1 Å². The Morgan fingerprint density at radius 3 is 2.19 bits per heavy atom. The van der Waals surface area contributed by atoms with Crippen LogP contribution in [-0.2, 0) is 10.0 Å². The SMILES string of the molecule is CCN(CC)S(=O)(=O)c1ccc(NC[C@@H](c2ccccc2)N(C)C)nc1. The summed E-state index contributed by atoms with van der Waals surface area (Å²) in [5.41, 5.74) is 1.21. The Balaban J connectivity index is 2.09. The van der Waals surface area contributed by atoms with Gasteiger partial charge in [-0.05, 0) is 31.8 Å². The van der Waals surface area contributed by atoms with E-state index in [1.54, 1.807) is 12.1 Å². The summed E-state index contributed by atoms with van der Waals surface area (Å²) in [6, 6.07) is 13.8. The fraction of sp³-hybridized carbons (Fsp3) is 0.421. The molecule has 0 aliphatic rings. The summed E-state index contributed by atoms with van der Waals surface area (Å²) in [7, 11) is 0.598. The van der Waals surface area contributed by atoms with E-state index in [-0.39, 0.29) is 10.9 Å². The molecule has 2 rings (SSSR count). The lowest BCUT2D eigenvalue weighted by Gasteiger charge is -2.25. The Bertz CT molecular complexity index is 773.